The SMILES string of the molecule is C=C(C)C(=O)OCCOCCOCCN(CCC)CCC. The van der Waals surface area contributed by atoms with Crippen molar-refractivity contribution < 1.29 is 19.0 Å². The molecule has 0 amide bonds. The maximum Gasteiger partial charge on any atom is 0.333 e. The van der Waals surface area contributed by atoms with Crippen LogP contribution in [0.15, 0.2) is 12.2 Å². The molecule has 0 aliphatic carbocycles. The lowest BCUT2D eigenvalue weighted by atomic mass is 10.3. The first-order valence-electron chi connectivity index (χ1n) is 7.82. The number of hydrogen-bond donors (Lipinski definition) is 0. The Morgan fingerprint density at radius 1 is 0.905 bits per heavy atom. The Labute approximate surface area is 129 Å². The normalized spacial score (nSPS) is 10.9. The van der Waals surface area contributed by atoms with Gasteiger partial charge in [0, 0.05) is 12.1 Å². The molecule has 0 heterocycles. The Hall–Kier alpha value is -0.910. The van der Waals surface area contributed by atoms with Gasteiger partial charge in [-0.25, -0.2) is 4.79 Å². The monoisotopic (exact) mass is 301 g/mol. The first kappa shape index (κ1) is 20.1. The van der Waals surface area contributed by atoms with Crippen LogP contribution >= 0.6 is 0 Å². The summed E-state index contributed by atoms with van der Waals surface area (Å²) in [6.07, 6.45) is 2.35. The minimum absolute atomic E-state index is 0.256. The second kappa shape index (κ2) is 14.0. The average Bonchev–Trinajstić information content (AvgIpc) is 2.45. The largest absolute Gasteiger partial charge is 0.460 e. The smallest absolute Gasteiger partial charge is 0.333 e. The number of ether oxygens (including phenoxy) is 3. The third kappa shape index (κ3) is 12.5. The van der Waals surface area contributed by atoms with Gasteiger partial charge in [-0.2, -0.15) is 0 Å². The van der Waals surface area contributed by atoms with Gasteiger partial charge < -0.3 is 19.1 Å². The number of carbonyl (C=O) groups excluding carboxylic acids is 1. The summed E-state index contributed by atoms with van der Waals surface area (Å²) in [7, 11) is 0. The second-order valence-corrected chi connectivity index (χ2v) is 4.98. The molecule has 0 aliphatic heterocycles. The van der Waals surface area contributed by atoms with Crippen LogP contribution in [0.3, 0.4) is 0 Å². The average molecular weight is 301 g/mol. The molecule has 0 aromatic carbocycles. The Balaban J connectivity index is 3.35. The molecule has 0 rings (SSSR count). The zero-order valence-corrected chi connectivity index (χ0v) is 13.9. The lowest BCUT2D eigenvalue weighted by Gasteiger charge is -2.20. The van der Waals surface area contributed by atoms with Gasteiger partial charge in [0.25, 0.3) is 0 Å². The highest BCUT2D eigenvalue weighted by molar-refractivity contribution is 5.86. The van der Waals surface area contributed by atoms with Crippen molar-refractivity contribution in [1.82, 2.24) is 4.90 Å². The zero-order valence-electron chi connectivity index (χ0n) is 13.9. The minimum Gasteiger partial charge on any atom is -0.460 e. The van der Waals surface area contributed by atoms with Crippen molar-refractivity contribution in [2.24, 2.45) is 0 Å². The van der Waals surface area contributed by atoms with Crippen LogP contribution in [-0.4, -0.2) is 63.5 Å². The number of esters is 1. The molecule has 124 valence electrons. The summed E-state index contributed by atoms with van der Waals surface area (Å²) in [6.45, 7) is 15.2. The third-order valence-electron chi connectivity index (χ3n) is 2.81. The lowest BCUT2D eigenvalue weighted by molar-refractivity contribution is -0.140. The maximum absolute atomic E-state index is 11.1. The van der Waals surface area contributed by atoms with Crippen LogP contribution < -0.4 is 0 Å². The minimum atomic E-state index is -0.373. The summed E-state index contributed by atoms with van der Waals surface area (Å²) >= 11 is 0. The number of rotatable bonds is 14. The predicted octanol–water partition coefficient (Wildman–Crippen LogP) is 2.26. The molecule has 0 radical (unpaired) electrons. The topological polar surface area (TPSA) is 48.0 Å². The Kier molecular flexibility index (Phi) is 13.4. The van der Waals surface area contributed by atoms with E-state index < -0.39 is 0 Å². The molecule has 0 spiro atoms. The van der Waals surface area contributed by atoms with Gasteiger partial charge in [-0.15, -0.1) is 0 Å². The van der Waals surface area contributed by atoms with Crippen molar-refractivity contribution in [2.45, 2.75) is 33.6 Å². The standard InChI is InChI=1S/C16H31NO4/c1-5-7-17(8-6-2)9-10-19-11-12-20-13-14-21-16(18)15(3)4/h3,5-14H2,1-2,4H3. The Bertz CT molecular complexity index is 275. The molecule has 0 saturated heterocycles. The van der Waals surface area contributed by atoms with E-state index in [2.05, 4.69) is 25.3 Å². The van der Waals surface area contributed by atoms with Gasteiger partial charge in [0.05, 0.1) is 26.4 Å². The third-order valence-corrected chi connectivity index (χ3v) is 2.81. The molecular weight excluding hydrogens is 270 g/mol. The molecule has 0 fully saturated rings. The van der Waals surface area contributed by atoms with E-state index in [0.717, 1.165) is 26.2 Å². The van der Waals surface area contributed by atoms with E-state index in [1.54, 1.807) is 6.92 Å². The fourth-order valence-corrected chi connectivity index (χ4v) is 1.80. The second-order valence-electron chi connectivity index (χ2n) is 4.98. The van der Waals surface area contributed by atoms with Crippen molar-refractivity contribution in [3.63, 3.8) is 0 Å². The summed E-state index contributed by atoms with van der Waals surface area (Å²) in [5, 5.41) is 0. The highest BCUT2D eigenvalue weighted by Crippen LogP contribution is 1.94. The van der Waals surface area contributed by atoms with Gasteiger partial charge >= 0.3 is 5.97 Å². The molecule has 5 heteroatoms. The van der Waals surface area contributed by atoms with Crippen molar-refractivity contribution in [1.29, 1.82) is 0 Å². The zero-order chi connectivity index (χ0) is 15.9. The molecule has 0 aromatic rings. The van der Waals surface area contributed by atoms with Crippen LogP contribution in [0, 0.1) is 0 Å². The Morgan fingerprint density at radius 2 is 1.43 bits per heavy atom. The van der Waals surface area contributed by atoms with E-state index in [0.29, 0.717) is 25.4 Å². The highest BCUT2D eigenvalue weighted by Gasteiger charge is 2.03. The number of hydrogen-bond acceptors (Lipinski definition) is 5. The molecule has 21 heavy (non-hydrogen) atoms. The van der Waals surface area contributed by atoms with Crippen LogP contribution in [-0.2, 0) is 19.0 Å². The van der Waals surface area contributed by atoms with Gasteiger partial charge in [-0.1, -0.05) is 20.4 Å². The van der Waals surface area contributed by atoms with Gasteiger partial charge in [0.15, 0.2) is 0 Å². The fourth-order valence-electron chi connectivity index (χ4n) is 1.80. The van der Waals surface area contributed by atoms with Crippen LogP contribution in [0.1, 0.15) is 33.6 Å². The van der Waals surface area contributed by atoms with Crippen molar-refractivity contribution >= 4 is 5.97 Å². The molecule has 0 saturated carbocycles. The van der Waals surface area contributed by atoms with Crippen molar-refractivity contribution in [3.8, 4) is 0 Å². The molecule has 5 nitrogen and oxygen atoms in total. The highest BCUT2D eigenvalue weighted by atomic mass is 16.6. The molecule has 0 atom stereocenters. The fraction of sp³-hybridized carbons (Fsp3) is 0.812. The maximum atomic E-state index is 11.1. The van der Waals surface area contributed by atoms with E-state index in [9.17, 15) is 4.79 Å². The van der Waals surface area contributed by atoms with E-state index in [4.69, 9.17) is 14.2 Å². The summed E-state index contributed by atoms with van der Waals surface area (Å²) in [5.41, 5.74) is 0.405. The summed E-state index contributed by atoms with van der Waals surface area (Å²) in [6, 6.07) is 0. The first-order valence-corrected chi connectivity index (χ1v) is 7.82. The van der Waals surface area contributed by atoms with Crippen molar-refractivity contribution in [2.75, 3.05) is 52.7 Å². The first-order chi connectivity index (χ1) is 10.1. The van der Waals surface area contributed by atoms with Crippen LogP contribution in [0.2, 0.25) is 0 Å². The summed E-state index contributed by atoms with van der Waals surface area (Å²) < 4.78 is 15.8. The molecule has 0 N–H and O–H groups in total. The molecule has 0 unspecified atom stereocenters. The van der Waals surface area contributed by atoms with Crippen molar-refractivity contribution in [3.05, 3.63) is 12.2 Å². The summed E-state index contributed by atoms with van der Waals surface area (Å²) in [4.78, 5) is 13.5. The number of carbonyl (C=O) groups is 1. The van der Waals surface area contributed by atoms with Gasteiger partial charge in [-0.3, -0.25) is 0 Å². The Morgan fingerprint density at radius 3 is 1.95 bits per heavy atom. The molecular formula is C16H31NO4. The van der Waals surface area contributed by atoms with Gasteiger partial charge in [0.1, 0.15) is 6.61 Å². The quantitative estimate of drug-likeness (QED) is 0.280. The molecule has 0 aromatic heterocycles. The van der Waals surface area contributed by atoms with Crippen LogP contribution in [0.4, 0.5) is 0 Å². The van der Waals surface area contributed by atoms with Crippen LogP contribution in [0.5, 0.6) is 0 Å². The van der Waals surface area contributed by atoms with Gasteiger partial charge in [-0.05, 0) is 32.9 Å². The van der Waals surface area contributed by atoms with E-state index >= 15 is 0 Å². The molecule has 0 bridgehead atoms. The van der Waals surface area contributed by atoms with E-state index in [1.807, 2.05) is 0 Å². The van der Waals surface area contributed by atoms with Gasteiger partial charge in [0.2, 0.25) is 0 Å². The van der Waals surface area contributed by atoms with E-state index in [-0.39, 0.29) is 12.6 Å². The summed E-state index contributed by atoms with van der Waals surface area (Å²) in [5.74, 6) is -0.373. The lowest BCUT2D eigenvalue weighted by Crippen LogP contribution is -2.29. The van der Waals surface area contributed by atoms with E-state index in [1.165, 1.54) is 12.8 Å². The van der Waals surface area contributed by atoms with Crippen LogP contribution in [0.25, 0.3) is 0 Å². The molecule has 0 aliphatic rings. The number of nitrogens with zero attached hydrogens (tertiary/aromatic N) is 1. The predicted molar refractivity (Wildman–Crippen MR) is 84.4 cm³/mol.